The zero-order valence-corrected chi connectivity index (χ0v) is 23.3. The summed E-state index contributed by atoms with van der Waals surface area (Å²) in [4.78, 5) is 25.0. The number of amides is 2. The molecule has 0 fully saturated rings. The van der Waals surface area contributed by atoms with Crippen molar-refractivity contribution in [3.05, 3.63) is 35.7 Å². The SMILES string of the molecule is CCc1nn(C[C@H](C)NC(=O)C(C)(C)C)c(CC)c1S(=O)(=O)c1ccc(NC(=O)C(C)(C)C)cc1. The third-order valence-electron chi connectivity index (χ3n) is 5.62. The van der Waals surface area contributed by atoms with Crippen LogP contribution in [0.4, 0.5) is 5.69 Å². The van der Waals surface area contributed by atoms with Crippen molar-refractivity contribution in [1.29, 1.82) is 0 Å². The van der Waals surface area contributed by atoms with E-state index in [1.165, 1.54) is 12.1 Å². The fraction of sp³-hybridized carbons (Fsp3) is 0.577. The molecular weight excluding hydrogens is 464 g/mol. The maximum atomic E-state index is 13.7. The van der Waals surface area contributed by atoms with E-state index in [0.29, 0.717) is 36.5 Å². The first kappa shape index (κ1) is 28.6. The molecule has 0 aliphatic rings. The van der Waals surface area contributed by atoms with E-state index in [9.17, 15) is 18.0 Å². The van der Waals surface area contributed by atoms with E-state index in [4.69, 9.17) is 0 Å². The fourth-order valence-corrected chi connectivity index (χ4v) is 5.26. The Morgan fingerprint density at radius 1 is 0.943 bits per heavy atom. The number of rotatable bonds is 8. The molecule has 1 aromatic heterocycles. The second kappa shape index (κ2) is 10.5. The maximum Gasteiger partial charge on any atom is 0.229 e. The van der Waals surface area contributed by atoms with Gasteiger partial charge in [-0.3, -0.25) is 14.3 Å². The van der Waals surface area contributed by atoms with Gasteiger partial charge in [0, 0.05) is 22.6 Å². The van der Waals surface area contributed by atoms with Crippen molar-refractivity contribution >= 4 is 27.3 Å². The average Bonchev–Trinajstić information content (AvgIpc) is 3.10. The number of aromatic nitrogens is 2. The lowest BCUT2D eigenvalue weighted by molar-refractivity contribution is -0.129. The molecule has 0 unspecified atom stereocenters. The first-order valence-corrected chi connectivity index (χ1v) is 13.6. The van der Waals surface area contributed by atoms with Crippen molar-refractivity contribution in [1.82, 2.24) is 15.1 Å². The first-order chi connectivity index (χ1) is 16.0. The molecule has 2 N–H and O–H groups in total. The number of hydrogen-bond donors (Lipinski definition) is 2. The van der Waals surface area contributed by atoms with Crippen molar-refractivity contribution in [3.63, 3.8) is 0 Å². The zero-order valence-electron chi connectivity index (χ0n) is 22.4. The van der Waals surface area contributed by atoms with Crippen molar-refractivity contribution < 1.29 is 18.0 Å². The summed E-state index contributed by atoms with van der Waals surface area (Å²) in [5, 5.41) is 10.4. The number of hydrogen-bond acceptors (Lipinski definition) is 5. The minimum absolute atomic E-state index is 0.0718. The summed E-state index contributed by atoms with van der Waals surface area (Å²) in [6, 6.07) is 5.99. The van der Waals surface area contributed by atoms with Crippen LogP contribution in [0.2, 0.25) is 0 Å². The average molecular weight is 505 g/mol. The molecule has 2 amide bonds. The van der Waals surface area contributed by atoms with E-state index in [-0.39, 0.29) is 27.6 Å². The second-order valence-electron chi connectivity index (χ2n) is 11.0. The normalized spacial score (nSPS) is 13.4. The number of nitrogens with one attached hydrogen (secondary N) is 2. The quantitative estimate of drug-likeness (QED) is 0.554. The minimum Gasteiger partial charge on any atom is -0.351 e. The molecule has 0 spiro atoms. The van der Waals surface area contributed by atoms with E-state index < -0.39 is 20.7 Å². The molecule has 0 aliphatic heterocycles. The molecule has 0 saturated heterocycles. The van der Waals surface area contributed by atoms with Crippen molar-refractivity contribution in [3.8, 4) is 0 Å². The molecule has 194 valence electrons. The number of sulfone groups is 1. The van der Waals surface area contributed by atoms with Gasteiger partial charge in [0.1, 0.15) is 4.90 Å². The Morgan fingerprint density at radius 2 is 1.49 bits per heavy atom. The second-order valence-corrected chi connectivity index (χ2v) is 12.9. The predicted octanol–water partition coefficient (Wildman–Crippen LogP) is 4.38. The van der Waals surface area contributed by atoms with Gasteiger partial charge >= 0.3 is 0 Å². The number of carbonyl (C=O) groups is 2. The molecule has 8 nitrogen and oxygen atoms in total. The van der Waals surface area contributed by atoms with E-state index >= 15 is 0 Å². The van der Waals surface area contributed by atoms with Crippen molar-refractivity contribution in [2.75, 3.05) is 5.32 Å². The van der Waals surface area contributed by atoms with E-state index in [1.807, 2.05) is 62.3 Å². The Balaban J connectivity index is 2.39. The molecule has 2 rings (SSSR count). The van der Waals surface area contributed by atoms with Crippen LogP contribution in [0.1, 0.15) is 73.7 Å². The van der Waals surface area contributed by atoms with Gasteiger partial charge in [0.05, 0.1) is 22.8 Å². The summed E-state index contributed by atoms with van der Waals surface area (Å²) in [7, 11) is -3.84. The Labute approximate surface area is 209 Å². The Morgan fingerprint density at radius 3 is 1.94 bits per heavy atom. The van der Waals surface area contributed by atoms with Crippen molar-refractivity contribution in [2.45, 2.75) is 97.5 Å². The Hall–Kier alpha value is -2.68. The third kappa shape index (κ3) is 6.72. The summed E-state index contributed by atoms with van der Waals surface area (Å²) >= 11 is 0. The number of aryl methyl sites for hydroxylation is 1. The lowest BCUT2D eigenvalue weighted by atomic mass is 9.95. The van der Waals surface area contributed by atoms with Gasteiger partial charge < -0.3 is 10.6 Å². The van der Waals surface area contributed by atoms with E-state index in [0.717, 1.165) is 0 Å². The summed E-state index contributed by atoms with van der Waals surface area (Å²) < 4.78 is 29.1. The largest absolute Gasteiger partial charge is 0.351 e. The smallest absolute Gasteiger partial charge is 0.229 e. The van der Waals surface area contributed by atoms with Crippen LogP contribution in [0.3, 0.4) is 0 Å². The number of carbonyl (C=O) groups excluding carboxylic acids is 2. The van der Waals surface area contributed by atoms with Gasteiger partial charge in [0.25, 0.3) is 0 Å². The highest BCUT2D eigenvalue weighted by Gasteiger charge is 2.30. The molecule has 1 atom stereocenters. The van der Waals surface area contributed by atoms with Crippen LogP contribution in [-0.2, 0) is 38.8 Å². The molecule has 0 bridgehead atoms. The van der Waals surface area contributed by atoms with Gasteiger partial charge in [-0.05, 0) is 44.0 Å². The standard InChI is InChI=1S/C26H40N4O4S/c1-10-20-22(21(11-2)30(29-20)16-17(3)27-23(31)25(4,5)6)35(33,34)19-14-12-18(13-15-19)28-24(32)26(7,8)9/h12-15,17H,10-11,16H2,1-9H3,(H,27,31)(H,28,32)/t17-/m0/s1. The van der Waals surface area contributed by atoms with E-state index in [2.05, 4.69) is 15.7 Å². The molecule has 35 heavy (non-hydrogen) atoms. The topological polar surface area (TPSA) is 110 Å². The van der Waals surface area contributed by atoms with Gasteiger partial charge in [0.15, 0.2) is 0 Å². The summed E-state index contributed by atoms with van der Waals surface area (Å²) in [6.45, 7) is 17.0. The van der Waals surface area contributed by atoms with Crippen LogP contribution in [0.25, 0.3) is 0 Å². The van der Waals surface area contributed by atoms with Crippen LogP contribution in [-0.4, -0.2) is 36.1 Å². The van der Waals surface area contributed by atoms with Crippen LogP contribution >= 0.6 is 0 Å². The molecule has 2 aromatic rings. The van der Waals surface area contributed by atoms with Crippen LogP contribution < -0.4 is 10.6 Å². The molecule has 0 aliphatic carbocycles. The highest BCUT2D eigenvalue weighted by atomic mass is 32.2. The highest BCUT2D eigenvalue weighted by Crippen LogP contribution is 2.30. The third-order valence-corrected chi connectivity index (χ3v) is 7.53. The summed E-state index contributed by atoms with van der Waals surface area (Å²) in [5.41, 5.74) is 0.571. The van der Waals surface area contributed by atoms with Crippen LogP contribution in [0.5, 0.6) is 0 Å². The lowest BCUT2D eigenvalue weighted by Gasteiger charge is -2.22. The highest BCUT2D eigenvalue weighted by molar-refractivity contribution is 7.91. The summed E-state index contributed by atoms with van der Waals surface area (Å²) in [5.74, 6) is -0.221. The Kier molecular flexibility index (Phi) is 8.58. The molecule has 1 heterocycles. The molecule has 1 aromatic carbocycles. The molecule has 0 radical (unpaired) electrons. The van der Waals surface area contributed by atoms with Gasteiger partial charge in [-0.25, -0.2) is 8.42 Å². The predicted molar refractivity (Wildman–Crippen MR) is 138 cm³/mol. The minimum atomic E-state index is -3.84. The van der Waals surface area contributed by atoms with Gasteiger partial charge in [-0.2, -0.15) is 5.10 Å². The van der Waals surface area contributed by atoms with Crippen molar-refractivity contribution in [2.24, 2.45) is 10.8 Å². The summed E-state index contributed by atoms with van der Waals surface area (Å²) in [6.07, 6.45) is 0.929. The first-order valence-electron chi connectivity index (χ1n) is 12.1. The lowest BCUT2D eigenvalue weighted by Crippen LogP contribution is -2.42. The van der Waals surface area contributed by atoms with Crippen LogP contribution in [0, 0.1) is 10.8 Å². The van der Waals surface area contributed by atoms with Gasteiger partial charge in [0.2, 0.25) is 21.7 Å². The Bertz CT molecular complexity index is 1170. The van der Waals surface area contributed by atoms with E-state index in [1.54, 1.807) is 16.8 Å². The number of anilines is 1. The fourth-order valence-electron chi connectivity index (χ4n) is 3.47. The van der Waals surface area contributed by atoms with Crippen LogP contribution in [0.15, 0.2) is 34.1 Å². The molecule has 9 heteroatoms. The van der Waals surface area contributed by atoms with Gasteiger partial charge in [-0.1, -0.05) is 55.4 Å². The number of nitrogens with zero attached hydrogens (tertiary/aromatic N) is 2. The maximum absolute atomic E-state index is 13.7. The monoisotopic (exact) mass is 504 g/mol. The molecule has 0 saturated carbocycles. The zero-order chi connectivity index (χ0) is 26.8. The number of benzene rings is 1. The molecular formula is C26H40N4O4S. The van der Waals surface area contributed by atoms with Gasteiger partial charge in [-0.15, -0.1) is 0 Å².